The third kappa shape index (κ3) is 3.93. The van der Waals surface area contributed by atoms with E-state index in [-0.39, 0.29) is 42.6 Å². The average Bonchev–Trinajstić information content (AvgIpc) is 2.29. The molecule has 0 amide bonds. The quantitative estimate of drug-likeness (QED) is 0.583. The summed E-state index contributed by atoms with van der Waals surface area (Å²) in [4.78, 5) is 2.04. The van der Waals surface area contributed by atoms with Crippen LogP contribution >= 0.6 is 0 Å². The zero-order valence-electron chi connectivity index (χ0n) is 9.71. The molecule has 17 heavy (non-hydrogen) atoms. The standard InChI is InChI=1S/C10H13FN2O2S.Na/c11-16(14,15)13-8-6-12(7-9-13)10-4-2-1-3-5-10;/h1-5H,6-9H2;. The molecule has 0 bridgehead atoms. The number of hydrogen-bond acceptors (Lipinski definition) is 3. The summed E-state index contributed by atoms with van der Waals surface area (Å²) in [5, 5.41) is 0. The molecule has 0 aromatic heterocycles. The van der Waals surface area contributed by atoms with Gasteiger partial charge < -0.3 is 4.90 Å². The number of piperazine rings is 1. The molecule has 1 aliphatic rings. The maximum atomic E-state index is 12.7. The van der Waals surface area contributed by atoms with Crippen LogP contribution in [-0.2, 0) is 10.4 Å². The second-order valence-corrected chi connectivity index (χ2v) is 5.00. The SMILES string of the molecule is O=S(=O)(F)N1CCN(c2ccccc2)CC1.[Na]. The summed E-state index contributed by atoms with van der Waals surface area (Å²) < 4.78 is 34.9. The fourth-order valence-electron chi connectivity index (χ4n) is 1.80. The van der Waals surface area contributed by atoms with Crippen LogP contribution in [0.3, 0.4) is 0 Å². The Morgan fingerprint density at radius 3 is 2.00 bits per heavy atom. The summed E-state index contributed by atoms with van der Waals surface area (Å²) >= 11 is 0. The van der Waals surface area contributed by atoms with Crippen LogP contribution in [0, 0.1) is 0 Å². The van der Waals surface area contributed by atoms with Gasteiger partial charge in [0.1, 0.15) is 0 Å². The fraction of sp³-hybridized carbons (Fsp3) is 0.400. The van der Waals surface area contributed by atoms with Crippen LogP contribution in [0.4, 0.5) is 9.57 Å². The molecule has 0 spiro atoms. The minimum atomic E-state index is -4.52. The van der Waals surface area contributed by atoms with Gasteiger partial charge in [0.2, 0.25) is 0 Å². The van der Waals surface area contributed by atoms with Crippen molar-refractivity contribution in [1.29, 1.82) is 0 Å². The summed E-state index contributed by atoms with van der Waals surface area (Å²) in [5.74, 6) is 0. The zero-order chi connectivity index (χ0) is 11.6. The van der Waals surface area contributed by atoms with Crippen LogP contribution in [0.1, 0.15) is 0 Å². The van der Waals surface area contributed by atoms with Gasteiger partial charge in [-0.15, -0.1) is 0 Å². The maximum absolute atomic E-state index is 12.7. The second kappa shape index (κ2) is 6.15. The minimum absolute atomic E-state index is 0. The van der Waals surface area contributed by atoms with Crippen LogP contribution in [0.5, 0.6) is 0 Å². The van der Waals surface area contributed by atoms with Crippen LogP contribution in [0.25, 0.3) is 0 Å². The Hall–Kier alpha value is -0.140. The van der Waals surface area contributed by atoms with E-state index in [2.05, 4.69) is 0 Å². The van der Waals surface area contributed by atoms with Crippen molar-refractivity contribution in [1.82, 2.24) is 4.31 Å². The van der Waals surface area contributed by atoms with E-state index in [1.54, 1.807) is 0 Å². The number of anilines is 1. The molecule has 0 saturated carbocycles. The van der Waals surface area contributed by atoms with E-state index in [1.165, 1.54) is 0 Å². The first-order chi connectivity index (χ1) is 7.57. The van der Waals surface area contributed by atoms with E-state index in [0.29, 0.717) is 13.1 Å². The number of rotatable bonds is 2. The summed E-state index contributed by atoms with van der Waals surface area (Å²) in [6, 6.07) is 9.69. The van der Waals surface area contributed by atoms with Gasteiger partial charge in [-0.1, -0.05) is 22.1 Å². The molecular weight excluding hydrogens is 254 g/mol. The molecule has 0 atom stereocenters. The molecule has 1 radical (unpaired) electrons. The van der Waals surface area contributed by atoms with E-state index in [0.717, 1.165) is 9.99 Å². The van der Waals surface area contributed by atoms with Crippen LogP contribution < -0.4 is 4.90 Å². The Bertz CT molecular complexity index is 447. The topological polar surface area (TPSA) is 40.6 Å². The van der Waals surface area contributed by atoms with Crippen molar-refractivity contribution in [3.8, 4) is 0 Å². The van der Waals surface area contributed by atoms with Gasteiger partial charge in [-0.2, -0.15) is 12.7 Å². The third-order valence-electron chi connectivity index (χ3n) is 2.67. The molecule has 1 aromatic rings. The molecule has 7 heteroatoms. The maximum Gasteiger partial charge on any atom is 0.374 e. The van der Waals surface area contributed by atoms with Crippen molar-refractivity contribution < 1.29 is 12.3 Å². The van der Waals surface area contributed by atoms with Gasteiger partial charge in [0.05, 0.1) is 0 Å². The van der Waals surface area contributed by atoms with E-state index in [1.807, 2.05) is 35.2 Å². The monoisotopic (exact) mass is 267 g/mol. The summed E-state index contributed by atoms with van der Waals surface area (Å²) in [6.07, 6.45) is 0. The molecule has 1 heterocycles. The Morgan fingerprint density at radius 2 is 1.53 bits per heavy atom. The molecule has 1 aliphatic heterocycles. The fourth-order valence-corrected chi connectivity index (χ4v) is 2.40. The average molecular weight is 267 g/mol. The van der Waals surface area contributed by atoms with Crippen LogP contribution in [0.2, 0.25) is 0 Å². The predicted octanol–water partition coefficient (Wildman–Crippen LogP) is 0.642. The second-order valence-electron chi connectivity index (χ2n) is 3.66. The smallest absolute Gasteiger partial charge is 0.369 e. The van der Waals surface area contributed by atoms with Gasteiger partial charge in [-0.05, 0) is 12.1 Å². The van der Waals surface area contributed by atoms with Crippen molar-refractivity contribution in [3.05, 3.63) is 30.3 Å². The van der Waals surface area contributed by atoms with Crippen LogP contribution in [-0.4, -0.2) is 68.5 Å². The zero-order valence-corrected chi connectivity index (χ0v) is 12.5. The predicted molar refractivity (Wildman–Crippen MR) is 66.0 cm³/mol. The minimum Gasteiger partial charge on any atom is -0.369 e. The van der Waals surface area contributed by atoms with Crippen molar-refractivity contribution >= 4 is 45.7 Å². The first kappa shape index (κ1) is 14.9. The van der Waals surface area contributed by atoms with E-state index < -0.39 is 10.4 Å². The number of halogens is 1. The molecule has 0 N–H and O–H groups in total. The Balaban J connectivity index is 0.00000144. The molecule has 1 fully saturated rings. The first-order valence-corrected chi connectivity index (χ1v) is 6.41. The molecule has 0 aliphatic carbocycles. The molecule has 0 unspecified atom stereocenters. The van der Waals surface area contributed by atoms with Gasteiger partial charge in [0.25, 0.3) is 0 Å². The Labute approximate surface area is 123 Å². The van der Waals surface area contributed by atoms with Crippen LogP contribution in [0.15, 0.2) is 30.3 Å². The largest absolute Gasteiger partial charge is 0.374 e. The van der Waals surface area contributed by atoms with Crippen molar-refractivity contribution in [3.63, 3.8) is 0 Å². The molecule has 2 rings (SSSR count). The third-order valence-corrected chi connectivity index (χ3v) is 3.65. The van der Waals surface area contributed by atoms with Gasteiger partial charge >= 0.3 is 10.4 Å². The first-order valence-electron chi connectivity index (χ1n) is 5.07. The van der Waals surface area contributed by atoms with Crippen molar-refractivity contribution in [2.45, 2.75) is 0 Å². The Kier molecular flexibility index (Phi) is 5.40. The van der Waals surface area contributed by atoms with Gasteiger partial charge in [0, 0.05) is 61.4 Å². The summed E-state index contributed by atoms with van der Waals surface area (Å²) in [7, 11) is -4.52. The van der Waals surface area contributed by atoms with Gasteiger partial charge in [-0.3, -0.25) is 0 Å². The number of benzene rings is 1. The molecule has 4 nitrogen and oxygen atoms in total. The Morgan fingerprint density at radius 1 is 1.00 bits per heavy atom. The number of para-hydroxylation sites is 1. The molecule has 89 valence electrons. The normalized spacial score (nSPS) is 17.6. The molecule has 1 aromatic carbocycles. The summed E-state index contributed by atoms with van der Waals surface area (Å²) in [5.41, 5.74) is 1.04. The van der Waals surface area contributed by atoms with E-state index in [9.17, 15) is 12.3 Å². The van der Waals surface area contributed by atoms with Gasteiger partial charge in [0.15, 0.2) is 0 Å². The van der Waals surface area contributed by atoms with E-state index >= 15 is 0 Å². The van der Waals surface area contributed by atoms with E-state index in [4.69, 9.17) is 0 Å². The van der Waals surface area contributed by atoms with Crippen molar-refractivity contribution in [2.75, 3.05) is 31.1 Å². The number of nitrogens with zero attached hydrogens (tertiary/aromatic N) is 2. The summed E-state index contributed by atoms with van der Waals surface area (Å²) in [6.45, 7) is 1.45. The molecule has 1 saturated heterocycles. The van der Waals surface area contributed by atoms with Crippen molar-refractivity contribution in [2.24, 2.45) is 0 Å². The molecular formula is C10H13FN2NaO2S. The van der Waals surface area contributed by atoms with Gasteiger partial charge in [-0.25, -0.2) is 0 Å². The number of hydrogen-bond donors (Lipinski definition) is 0.